The Kier molecular flexibility index (Phi) is 5.06. The van der Waals surface area contributed by atoms with Gasteiger partial charge in [-0.05, 0) is 42.0 Å². The molecular formula is C19H14ClN3O2. The number of nitrogens with zero attached hydrogens (tertiary/aromatic N) is 1. The molecule has 5 nitrogen and oxygen atoms in total. The molecule has 0 spiro atoms. The number of aromatic amines is 1. The van der Waals surface area contributed by atoms with Gasteiger partial charge >= 0.3 is 0 Å². The summed E-state index contributed by atoms with van der Waals surface area (Å²) >= 11 is 5.83. The Morgan fingerprint density at radius 1 is 1.08 bits per heavy atom. The van der Waals surface area contributed by atoms with Gasteiger partial charge in [0.05, 0.1) is 5.69 Å². The zero-order valence-corrected chi connectivity index (χ0v) is 13.8. The monoisotopic (exact) mass is 351 g/mol. The van der Waals surface area contributed by atoms with Gasteiger partial charge in [0.1, 0.15) is 0 Å². The molecule has 0 radical (unpaired) electrons. The van der Waals surface area contributed by atoms with Crippen LogP contribution >= 0.6 is 11.6 Å². The van der Waals surface area contributed by atoms with Gasteiger partial charge in [-0.1, -0.05) is 35.9 Å². The van der Waals surface area contributed by atoms with Crippen LogP contribution in [0, 0.1) is 0 Å². The fraction of sp³-hybridized carbons (Fsp3) is 0. The van der Waals surface area contributed by atoms with E-state index in [1.54, 1.807) is 42.5 Å². The van der Waals surface area contributed by atoms with E-state index in [0.29, 0.717) is 16.4 Å². The molecule has 2 N–H and O–H groups in total. The lowest BCUT2D eigenvalue weighted by Crippen LogP contribution is -2.08. The number of amides is 1. The number of halogens is 1. The topological polar surface area (TPSA) is 74.8 Å². The lowest BCUT2D eigenvalue weighted by Gasteiger charge is -2.05. The highest BCUT2D eigenvalue weighted by atomic mass is 35.5. The fourth-order valence-electron chi connectivity index (χ4n) is 2.19. The third-order valence-corrected chi connectivity index (χ3v) is 3.65. The summed E-state index contributed by atoms with van der Waals surface area (Å²) in [5, 5.41) is 9.81. The molecule has 0 unspecified atom stereocenters. The van der Waals surface area contributed by atoms with E-state index in [1.807, 2.05) is 18.2 Å². The Morgan fingerprint density at radius 2 is 1.88 bits per heavy atom. The first-order chi connectivity index (χ1) is 12.1. The maximum absolute atomic E-state index is 12.1. The Labute approximate surface area is 149 Å². The van der Waals surface area contributed by atoms with Gasteiger partial charge in [0.15, 0.2) is 0 Å². The molecule has 0 atom stereocenters. The van der Waals surface area contributed by atoms with Crippen LogP contribution in [0.5, 0.6) is 0 Å². The summed E-state index contributed by atoms with van der Waals surface area (Å²) in [6.45, 7) is 0. The quantitative estimate of drug-likeness (QED) is 0.703. The predicted octanol–water partition coefficient (Wildman–Crippen LogP) is 3.74. The second kappa shape index (κ2) is 7.59. The number of carbonyl (C=O) groups is 1. The number of anilines is 1. The lowest BCUT2D eigenvalue weighted by molar-refractivity contribution is -0.111. The van der Waals surface area contributed by atoms with Crippen LogP contribution in [0.1, 0.15) is 5.56 Å². The van der Waals surface area contributed by atoms with E-state index < -0.39 is 0 Å². The summed E-state index contributed by atoms with van der Waals surface area (Å²) in [4.78, 5) is 23.1. The normalized spacial score (nSPS) is 10.8. The van der Waals surface area contributed by atoms with Gasteiger partial charge in [-0.15, -0.1) is 0 Å². The van der Waals surface area contributed by atoms with Crippen molar-refractivity contribution in [2.75, 3.05) is 5.32 Å². The van der Waals surface area contributed by atoms with Gasteiger partial charge in [-0.3, -0.25) is 9.59 Å². The highest BCUT2D eigenvalue weighted by Crippen LogP contribution is 2.19. The summed E-state index contributed by atoms with van der Waals surface area (Å²) in [6.07, 6.45) is 3.16. The predicted molar refractivity (Wildman–Crippen MR) is 99.4 cm³/mol. The smallest absolute Gasteiger partial charge is 0.264 e. The minimum Gasteiger partial charge on any atom is -0.322 e. The van der Waals surface area contributed by atoms with E-state index in [0.717, 1.165) is 11.1 Å². The van der Waals surface area contributed by atoms with E-state index in [-0.39, 0.29) is 11.5 Å². The largest absolute Gasteiger partial charge is 0.322 e. The van der Waals surface area contributed by atoms with E-state index >= 15 is 0 Å². The molecule has 1 heterocycles. The highest BCUT2D eigenvalue weighted by molar-refractivity contribution is 6.30. The van der Waals surface area contributed by atoms with Crippen LogP contribution in [0.3, 0.4) is 0 Å². The van der Waals surface area contributed by atoms with E-state index in [4.69, 9.17) is 11.6 Å². The van der Waals surface area contributed by atoms with E-state index in [2.05, 4.69) is 15.5 Å². The Balaban J connectivity index is 1.71. The highest BCUT2D eigenvalue weighted by Gasteiger charge is 2.03. The van der Waals surface area contributed by atoms with Crippen LogP contribution in [0.4, 0.5) is 5.69 Å². The van der Waals surface area contributed by atoms with Crippen LogP contribution in [0.2, 0.25) is 5.02 Å². The van der Waals surface area contributed by atoms with Gasteiger partial charge in [0.25, 0.3) is 5.56 Å². The summed E-state index contributed by atoms with van der Waals surface area (Å²) in [5.41, 5.74) is 2.66. The Hall–Kier alpha value is -3.18. The van der Waals surface area contributed by atoms with Gasteiger partial charge in [-0.2, -0.15) is 5.10 Å². The molecule has 3 aromatic rings. The van der Waals surface area contributed by atoms with Gasteiger partial charge in [0.2, 0.25) is 5.91 Å². The third-order valence-electron chi connectivity index (χ3n) is 3.40. The molecular weight excluding hydrogens is 338 g/mol. The molecule has 0 saturated heterocycles. The molecule has 0 aliphatic rings. The van der Waals surface area contributed by atoms with Crippen molar-refractivity contribution >= 4 is 29.3 Å². The third kappa shape index (κ3) is 4.65. The second-order valence-corrected chi connectivity index (χ2v) is 5.70. The van der Waals surface area contributed by atoms with Crippen molar-refractivity contribution in [1.82, 2.24) is 10.2 Å². The standard InChI is InChI=1S/C19H14ClN3O2/c20-15-7-4-13(5-8-15)6-10-18(24)21-16-3-1-2-14(12-16)17-9-11-19(25)23-22-17/h1-12H,(H,21,24)(H,23,25)/b10-6+. The van der Waals surface area contributed by atoms with Gasteiger partial charge in [-0.25, -0.2) is 5.10 Å². The molecule has 0 bridgehead atoms. The first-order valence-electron chi connectivity index (χ1n) is 7.51. The summed E-state index contributed by atoms with van der Waals surface area (Å²) < 4.78 is 0. The van der Waals surface area contributed by atoms with Crippen molar-refractivity contribution in [2.45, 2.75) is 0 Å². The number of carbonyl (C=O) groups excluding carboxylic acids is 1. The van der Waals surface area contributed by atoms with E-state index in [9.17, 15) is 9.59 Å². The summed E-state index contributed by atoms with van der Waals surface area (Å²) in [6, 6.07) is 17.4. The Morgan fingerprint density at radius 3 is 2.60 bits per heavy atom. The maximum Gasteiger partial charge on any atom is 0.264 e. The summed E-state index contributed by atoms with van der Waals surface area (Å²) in [5.74, 6) is -0.249. The summed E-state index contributed by atoms with van der Waals surface area (Å²) in [7, 11) is 0. The molecule has 0 aliphatic heterocycles. The molecule has 1 aromatic heterocycles. The zero-order chi connectivity index (χ0) is 17.6. The zero-order valence-electron chi connectivity index (χ0n) is 13.1. The SMILES string of the molecule is O=C(/C=C/c1ccc(Cl)cc1)Nc1cccc(-c2ccc(=O)[nH]n2)c1. The van der Waals surface area contributed by atoms with Crippen molar-refractivity contribution in [1.29, 1.82) is 0 Å². The van der Waals surface area contributed by atoms with Crippen molar-refractivity contribution in [2.24, 2.45) is 0 Å². The molecule has 0 aliphatic carbocycles. The van der Waals surface area contributed by atoms with Crippen molar-refractivity contribution in [3.63, 3.8) is 0 Å². The minimum absolute atomic E-state index is 0.249. The minimum atomic E-state index is -0.263. The van der Waals surface area contributed by atoms with Crippen LogP contribution in [0.15, 0.2) is 71.5 Å². The van der Waals surface area contributed by atoms with Crippen LogP contribution in [0.25, 0.3) is 17.3 Å². The molecule has 3 rings (SSSR count). The van der Waals surface area contributed by atoms with Crippen molar-refractivity contribution < 1.29 is 4.79 Å². The first kappa shape index (κ1) is 16.7. The van der Waals surface area contributed by atoms with Gasteiger partial charge in [0, 0.05) is 28.4 Å². The van der Waals surface area contributed by atoms with E-state index in [1.165, 1.54) is 12.1 Å². The van der Waals surface area contributed by atoms with Crippen molar-refractivity contribution in [3.8, 4) is 11.3 Å². The number of nitrogens with one attached hydrogen (secondary N) is 2. The number of aromatic nitrogens is 2. The van der Waals surface area contributed by atoms with Crippen LogP contribution in [-0.2, 0) is 4.79 Å². The van der Waals surface area contributed by atoms with Crippen molar-refractivity contribution in [3.05, 3.63) is 87.7 Å². The second-order valence-electron chi connectivity index (χ2n) is 5.26. The maximum atomic E-state index is 12.1. The molecule has 1 amide bonds. The number of H-pyrrole nitrogens is 1. The molecule has 25 heavy (non-hydrogen) atoms. The molecule has 124 valence electrons. The fourth-order valence-corrected chi connectivity index (χ4v) is 2.32. The average molecular weight is 352 g/mol. The lowest BCUT2D eigenvalue weighted by atomic mass is 10.1. The molecule has 6 heteroatoms. The first-order valence-corrected chi connectivity index (χ1v) is 7.89. The van der Waals surface area contributed by atoms with Crippen LogP contribution < -0.4 is 10.9 Å². The van der Waals surface area contributed by atoms with Crippen LogP contribution in [-0.4, -0.2) is 16.1 Å². The number of hydrogen-bond donors (Lipinski definition) is 2. The number of rotatable bonds is 4. The Bertz CT molecular complexity index is 958. The molecule has 2 aromatic carbocycles. The number of benzene rings is 2. The number of hydrogen-bond acceptors (Lipinski definition) is 3. The van der Waals surface area contributed by atoms with Gasteiger partial charge < -0.3 is 5.32 Å². The average Bonchev–Trinajstić information content (AvgIpc) is 2.62. The molecule has 0 fully saturated rings. The molecule has 0 saturated carbocycles.